The molecule has 1 aromatic carbocycles. The fraction of sp³-hybridized carbons (Fsp3) is 0.350. The van der Waals surface area contributed by atoms with Crippen molar-refractivity contribution >= 4 is 24.1 Å². The molecule has 0 radical (unpaired) electrons. The van der Waals surface area contributed by atoms with E-state index in [0.717, 1.165) is 5.56 Å². The van der Waals surface area contributed by atoms with Gasteiger partial charge >= 0.3 is 18.0 Å². The van der Waals surface area contributed by atoms with Crippen molar-refractivity contribution in [2.45, 2.75) is 26.0 Å². The second-order valence-electron chi connectivity index (χ2n) is 6.08. The fourth-order valence-electron chi connectivity index (χ4n) is 1.71. The largest absolute Gasteiger partial charge is 0.491 e. The number of aliphatic hydroxyl groups excluding tert-OH is 1. The van der Waals surface area contributed by atoms with Gasteiger partial charge in [0.15, 0.2) is 0 Å². The first-order valence-electron chi connectivity index (χ1n) is 8.93. The highest BCUT2D eigenvalue weighted by molar-refractivity contribution is 5.89. The third-order valence-electron chi connectivity index (χ3n) is 3.12. The van der Waals surface area contributed by atoms with Gasteiger partial charge in [0.2, 0.25) is 0 Å². The number of carbonyl (C=O) groups is 3. The molecule has 0 aliphatic carbocycles. The Morgan fingerprint density at radius 2 is 1.63 bits per heavy atom. The minimum atomic E-state index is -1.26. The summed E-state index contributed by atoms with van der Waals surface area (Å²) in [5.74, 6) is -1.83. The van der Waals surface area contributed by atoms with Gasteiger partial charge in [-0.1, -0.05) is 26.0 Å². The fourth-order valence-corrected chi connectivity index (χ4v) is 1.71. The van der Waals surface area contributed by atoms with Crippen LogP contribution < -0.4 is 15.4 Å². The van der Waals surface area contributed by atoms with Crippen LogP contribution in [0.15, 0.2) is 42.6 Å². The van der Waals surface area contributed by atoms with Crippen LogP contribution in [0.1, 0.15) is 19.4 Å². The Balaban J connectivity index is 0.000000890. The van der Waals surface area contributed by atoms with E-state index in [9.17, 15) is 19.5 Å². The van der Waals surface area contributed by atoms with E-state index in [-0.39, 0.29) is 6.61 Å². The first-order chi connectivity index (χ1) is 14.1. The molecule has 1 atom stereocenters. The van der Waals surface area contributed by atoms with E-state index in [1.807, 2.05) is 26.0 Å². The molecule has 0 saturated heterocycles. The second-order valence-corrected chi connectivity index (χ2v) is 6.08. The van der Waals surface area contributed by atoms with E-state index in [2.05, 4.69) is 15.4 Å². The molecule has 0 fully saturated rings. The van der Waals surface area contributed by atoms with Crippen molar-refractivity contribution in [2.75, 3.05) is 20.3 Å². The maximum atomic E-state index is 10.9. The Bertz CT molecular complexity index is 698. The molecule has 0 heterocycles. The number of hydrogen-bond donors (Lipinski definition) is 5. The monoisotopic (exact) mass is 424 g/mol. The third-order valence-corrected chi connectivity index (χ3v) is 3.12. The topological polar surface area (TPSA) is 154 Å². The number of amides is 1. The number of benzene rings is 1. The first-order valence-corrected chi connectivity index (χ1v) is 8.93. The van der Waals surface area contributed by atoms with E-state index in [4.69, 9.17) is 14.9 Å². The summed E-state index contributed by atoms with van der Waals surface area (Å²) in [5, 5.41) is 31.0. The summed E-state index contributed by atoms with van der Waals surface area (Å²) in [6.07, 6.45) is 3.29. The molecule has 0 aliphatic rings. The van der Waals surface area contributed by atoms with Crippen LogP contribution in [0.25, 0.3) is 6.08 Å². The first kappa shape index (κ1) is 26.6. The van der Waals surface area contributed by atoms with E-state index < -0.39 is 24.1 Å². The molecule has 1 rings (SSSR count). The molecule has 30 heavy (non-hydrogen) atoms. The molecule has 166 valence electrons. The Kier molecular flexibility index (Phi) is 13.8. The van der Waals surface area contributed by atoms with Crippen molar-refractivity contribution in [3.05, 3.63) is 48.2 Å². The predicted octanol–water partition coefficient (Wildman–Crippen LogP) is 1.46. The second kappa shape index (κ2) is 15.5. The van der Waals surface area contributed by atoms with Gasteiger partial charge in [-0.25, -0.2) is 14.4 Å². The van der Waals surface area contributed by atoms with Crippen LogP contribution in [0.5, 0.6) is 5.75 Å². The summed E-state index contributed by atoms with van der Waals surface area (Å²) in [4.78, 5) is 30.0. The van der Waals surface area contributed by atoms with Gasteiger partial charge in [-0.3, -0.25) is 5.32 Å². The number of methoxy groups -OCH3 is 1. The number of rotatable bonds is 10. The number of aliphatic hydroxyl groups is 1. The van der Waals surface area contributed by atoms with Crippen molar-refractivity contribution < 1.29 is 39.2 Å². The average Bonchev–Trinajstić information content (AvgIpc) is 2.70. The third kappa shape index (κ3) is 15.7. The van der Waals surface area contributed by atoms with Gasteiger partial charge in [-0.2, -0.15) is 0 Å². The molecule has 0 spiro atoms. The number of carboxylic acids is 2. The summed E-state index contributed by atoms with van der Waals surface area (Å²) >= 11 is 0. The summed E-state index contributed by atoms with van der Waals surface area (Å²) in [7, 11) is 1.31. The van der Waals surface area contributed by atoms with Gasteiger partial charge in [-0.15, -0.1) is 0 Å². The van der Waals surface area contributed by atoms with E-state index in [1.54, 1.807) is 18.2 Å². The molecule has 10 nitrogen and oxygen atoms in total. The lowest BCUT2D eigenvalue weighted by molar-refractivity contribution is -0.134. The van der Waals surface area contributed by atoms with Crippen LogP contribution >= 0.6 is 0 Å². The smallest absolute Gasteiger partial charge is 0.410 e. The molecule has 10 heteroatoms. The summed E-state index contributed by atoms with van der Waals surface area (Å²) in [6, 6.07) is 7.65. The Labute approximate surface area is 174 Å². The van der Waals surface area contributed by atoms with Crippen LogP contribution in [0.4, 0.5) is 4.79 Å². The molecular formula is C20H28N2O8. The Morgan fingerprint density at radius 1 is 1.07 bits per heavy atom. The highest BCUT2D eigenvalue weighted by Crippen LogP contribution is 2.13. The maximum absolute atomic E-state index is 10.9. The minimum Gasteiger partial charge on any atom is -0.491 e. The van der Waals surface area contributed by atoms with Gasteiger partial charge in [0.05, 0.1) is 7.11 Å². The zero-order valence-electron chi connectivity index (χ0n) is 17.1. The molecule has 1 aromatic rings. The number of nitrogens with one attached hydrogen (secondary N) is 2. The number of carbonyl (C=O) groups excluding carboxylic acids is 1. The zero-order valence-corrected chi connectivity index (χ0v) is 17.1. The molecule has 0 aromatic heterocycles. The minimum absolute atomic E-state index is 0.235. The Morgan fingerprint density at radius 3 is 2.10 bits per heavy atom. The molecule has 5 N–H and O–H groups in total. The van der Waals surface area contributed by atoms with Crippen LogP contribution in [-0.2, 0) is 14.3 Å². The van der Waals surface area contributed by atoms with Crippen molar-refractivity contribution in [1.82, 2.24) is 10.6 Å². The predicted molar refractivity (Wildman–Crippen MR) is 110 cm³/mol. The van der Waals surface area contributed by atoms with Crippen LogP contribution in [0.2, 0.25) is 0 Å². The quantitative estimate of drug-likeness (QED) is 0.351. The molecular weight excluding hydrogens is 396 g/mol. The van der Waals surface area contributed by atoms with E-state index in [1.165, 1.54) is 13.3 Å². The highest BCUT2D eigenvalue weighted by atomic mass is 16.5. The van der Waals surface area contributed by atoms with Gasteiger partial charge in [0.25, 0.3) is 0 Å². The van der Waals surface area contributed by atoms with Gasteiger partial charge in [0.1, 0.15) is 18.5 Å². The lowest BCUT2D eigenvalue weighted by Crippen LogP contribution is -2.35. The van der Waals surface area contributed by atoms with Gasteiger partial charge in [0, 0.05) is 30.9 Å². The Hall–Kier alpha value is -3.37. The summed E-state index contributed by atoms with van der Waals surface area (Å²) < 4.78 is 9.96. The van der Waals surface area contributed by atoms with Crippen LogP contribution in [0.3, 0.4) is 0 Å². The number of ether oxygens (including phenoxy) is 2. The highest BCUT2D eigenvalue weighted by Gasteiger charge is 2.05. The lowest BCUT2D eigenvalue weighted by Gasteiger charge is -2.15. The van der Waals surface area contributed by atoms with Crippen LogP contribution in [0, 0.1) is 0 Å². The number of hydrogen-bond acceptors (Lipinski definition) is 7. The summed E-state index contributed by atoms with van der Waals surface area (Å²) in [5.41, 5.74) is 0.908. The number of alkyl carbamates (subject to hydrolysis) is 1. The number of aliphatic carboxylic acids is 2. The maximum Gasteiger partial charge on any atom is 0.410 e. The zero-order chi connectivity index (χ0) is 22.9. The van der Waals surface area contributed by atoms with Gasteiger partial charge < -0.3 is 30.1 Å². The van der Waals surface area contributed by atoms with E-state index in [0.29, 0.717) is 30.5 Å². The SMILES string of the molecule is COC(=O)NC=Cc1ccc(OCC(O)CNC(C)C)cc1.O=C(O)/C=C/C(=O)O. The van der Waals surface area contributed by atoms with Crippen molar-refractivity contribution in [3.8, 4) is 5.75 Å². The van der Waals surface area contributed by atoms with Crippen molar-refractivity contribution in [3.63, 3.8) is 0 Å². The normalized spacial score (nSPS) is 11.6. The molecule has 1 amide bonds. The lowest BCUT2D eigenvalue weighted by atomic mass is 10.2. The molecule has 0 bridgehead atoms. The molecule has 0 saturated carbocycles. The number of carboxylic acid groups (broad SMARTS) is 2. The van der Waals surface area contributed by atoms with Gasteiger partial charge in [-0.05, 0) is 23.8 Å². The van der Waals surface area contributed by atoms with Crippen molar-refractivity contribution in [2.24, 2.45) is 0 Å². The van der Waals surface area contributed by atoms with Crippen molar-refractivity contribution in [1.29, 1.82) is 0 Å². The summed E-state index contributed by atoms with van der Waals surface area (Å²) in [6.45, 7) is 4.78. The molecule has 1 unspecified atom stereocenters. The van der Waals surface area contributed by atoms with Crippen LogP contribution in [-0.4, -0.2) is 65.8 Å². The standard InChI is InChI=1S/C16H24N2O4.C4H4O4/c1-12(2)18-10-14(19)11-22-15-6-4-13(5-7-15)8-9-17-16(20)21-3;5-3(6)1-2-4(7)8/h4-9,12,14,18-19H,10-11H2,1-3H3,(H,17,20);1-2H,(H,5,6)(H,7,8)/b;2-1+. The van der Waals surface area contributed by atoms with E-state index >= 15 is 0 Å². The average molecular weight is 424 g/mol. The molecule has 0 aliphatic heterocycles.